The number of esters is 1. The lowest BCUT2D eigenvalue weighted by atomic mass is 9.93. The van der Waals surface area contributed by atoms with Gasteiger partial charge < -0.3 is 28.8 Å². The highest BCUT2D eigenvalue weighted by atomic mass is 16.5. The Bertz CT molecular complexity index is 1020. The van der Waals surface area contributed by atoms with E-state index in [1.807, 2.05) is 0 Å². The minimum atomic E-state index is -1.30. The van der Waals surface area contributed by atoms with E-state index in [-0.39, 0.29) is 11.1 Å². The predicted molar refractivity (Wildman–Crippen MR) is 119 cm³/mol. The molecule has 8 heteroatoms. The Kier molecular flexibility index (Phi) is 8.29. The molecular formula is C24H26O8. The highest BCUT2D eigenvalue weighted by Crippen LogP contribution is 2.32. The van der Waals surface area contributed by atoms with Crippen LogP contribution in [0.2, 0.25) is 0 Å². The van der Waals surface area contributed by atoms with Crippen molar-refractivity contribution in [1.29, 1.82) is 0 Å². The summed E-state index contributed by atoms with van der Waals surface area (Å²) in [6.07, 6.45) is 1.36. The Balaban J connectivity index is 2.80. The quantitative estimate of drug-likeness (QED) is 0.355. The van der Waals surface area contributed by atoms with E-state index in [1.54, 1.807) is 43.3 Å². The van der Waals surface area contributed by atoms with Crippen LogP contribution < -0.4 is 18.9 Å². The van der Waals surface area contributed by atoms with E-state index in [4.69, 9.17) is 23.7 Å². The highest BCUT2D eigenvalue weighted by molar-refractivity contribution is 6.14. The van der Waals surface area contributed by atoms with Crippen molar-refractivity contribution in [2.24, 2.45) is 0 Å². The Hall–Kier alpha value is -3.94. The summed E-state index contributed by atoms with van der Waals surface area (Å²) in [5.74, 6) is -0.187. The second kappa shape index (κ2) is 10.9. The van der Waals surface area contributed by atoms with Gasteiger partial charge in [-0.05, 0) is 54.0 Å². The molecule has 0 fully saturated rings. The van der Waals surface area contributed by atoms with E-state index < -0.39 is 11.9 Å². The molecule has 0 atom stereocenters. The number of allylic oxidation sites excluding steroid dienone is 1. The van der Waals surface area contributed by atoms with Crippen molar-refractivity contribution >= 4 is 23.6 Å². The summed E-state index contributed by atoms with van der Waals surface area (Å²) in [5, 5.41) is 9.98. The van der Waals surface area contributed by atoms with E-state index in [0.29, 0.717) is 39.7 Å². The van der Waals surface area contributed by atoms with Crippen LogP contribution in [0.5, 0.6) is 23.0 Å². The predicted octanol–water partition coefficient (Wildman–Crippen LogP) is 3.84. The first kappa shape index (κ1) is 24.3. The molecule has 0 heterocycles. The number of carboxylic acids is 1. The molecule has 0 spiro atoms. The number of ether oxygens (including phenoxy) is 5. The molecule has 2 aromatic rings. The smallest absolute Gasteiger partial charge is 0.339 e. The zero-order valence-electron chi connectivity index (χ0n) is 18.8. The van der Waals surface area contributed by atoms with Gasteiger partial charge in [0.2, 0.25) is 0 Å². The maximum absolute atomic E-state index is 12.7. The van der Waals surface area contributed by atoms with Crippen LogP contribution in [0.1, 0.15) is 18.1 Å². The van der Waals surface area contributed by atoms with E-state index in [1.165, 1.54) is 41.6 Å². The van der Waals surface area contributed by atoms with Crippen molar-refractivity contribution in [3.8, 4) is 23.0 Å². The summed E-state index contributed by atoms with van der Waals surface area (Å²) >= 11 is 0. The van der Waals surface area contributed by atoms with Crippen LogP contribution >= 0.6 is 0 Å². The summed E-state index contributed by atoms with van der Waals surface area (Å²) in [5.41, 5.74) is 1.01. The summed E-state index contributed by atoms with van der Waals surface area (Å²) in [6, 6.07) is 9.94. The van der Waals surface area contributed by atoms with Crippen LogP contribution in [0.15, 0.2) is 47.5 Å². The van der Waals surface area contributed by atoms with Crippen molar-refractivity contribution in [3.05, 3.63) is 58.7 Å². The fourth-order valence-corrected chi connectivity index (χ4v) is 3.06. The minimum absolute atomic E-state index is 0.114. The lowest BCUT2D eigenvalue weighted by Gasteiger charge is -2.14. The molecule has 0 saturated heterocycles. The second-order valence-electron chi connectivity index (χ2n) is 6.60. The van der Waals surface area contributed by atoms with Gasteiger partial charge in [-0.3, -0.25) is 0 Å². The van der Waals surface area contributed by atoms with Crippen molar-refractivity contribution in [2.45, 2.75) is 6.92 Å². The van der Waals surface area contributed by atoms with E-state index in [2.05, 4.69) is 0 Å². The van der Waals surface area contributed by atoms with Crippen LogP contribution in [0, 0.1) is 0 Å². The standard InChI is InChI=1S/C24H26O8/c1-14(16-10-19(30-4)13-20(11-16)31-5)22(24(27)32-6)21(23(25)26)9-15-7-17(28-2)12-18(8-15)29-3/h7-13H,1-6H3,(H,25,26)/b21-9+,22-14+. The van der Waals surface area contributed by atoms with Crippen LogP contribution in [0.3, 0.4) is 0 Å². The number of carbonyl (C=O) groups excluding carboxylic acids is 1. The Morgan fingerprint density at radius 2 is 1.19 bits per heavy atom. The molecule has 0 aliphatic rings. The number of hydrogen-bond donors (Lipinski definition) is 1. The van der Waals surface area contributed by atoms with Gasteiger partial charge in [-0.2, -0.15) is 0 Å². The normalized spacial score (nSPS) is 11.9. The van der Waals surface area contributed by atoms with Gasteiger partial charge in [0.05, 0.1) is 46.7 Å². The van der Waals surface area contributed by atoms with Gasteiger partial charge in [-0.15, -0.1) is 0 Å². The molecule has 2 aromatic carbocycles. The van der Waals surface area contributed by atoms with Gasteiger partial charge in [-0.1, -0.05) is 0 Å². The first-order valence-corrected chi connectivity index (χ1v) is 9.49. The van der Waals surface area contributed by atoms with Gasteiger partial charge in [0, 0.05) is 12.1 Å². The first-order valence-electron chi connectivity index (χ1n) is 9.49. The summed E-state index contributed by atoms with van der Waals surface area (Å²) < 4.78 is 26.0. The fourth-order valence-electron chi connectivity index (χ4n) is 3.06. The van der Waals surface area contributed by atoms with E-state index in [0.717, 1.165) is 0 Å². The average molecular weight is 442 g/mol. The Labute approximate surface area is 186 Å². The third-order valence-electron chi connectivity index (χ3n) is 4.73. The SMILES string of the molecule is COC(=O)C(/C(=C\c1cc(OC)cc(OC)c1)C(=O)O)=C(\C)c1cc(OC)cc(OC)c1. The Morgan fingerprint density at radius 1 is 0.750 bits per heavy atom. The van der Waals surface area contributed by atoms with Crippen LogP contribution in [0.25, 0.3) is 11.6 Å². The summed E-state index contributed by atoms with van der Waals surface area (Å²) in [4.78, 5) is 25.0. The fraction of sp³-hybridized carbons (Fsp3) is 0.250. The van der Waals surface area contributed by atoms with Gasteiger partial charge in [0.15, 0.2) is 0 Å². The van der Waals surface area contributed by atoms with Crippen LogP contribution in [-0.2, 0) is 14.3 Å². The molecule has 0 aliphatic carbocycles. The molecule has 2 rings (SSSR count). The van der Waals surface area contributed by atoms with Crippen molar-refractivity contribution in [2.75, 3.05) is 35.5 Å². The summed E-state index contributed by atoms with van der Waals surface area (Å²) in [6.45, 7) is 1.63. The molecule has 8 nitrogen and oxygen atoms in total. The number of hydrogen-bond acceptors (Lipinski definition) is 7. The Morgan fingerprint density at radius 3 is 1.56 bits per heavy atom. The molecule has 32 heavy (non-hydrogen) atoms. The molecule has 1 N–H and O–H groups in total. The molecule has 0 aromatic heterocycles. The first-order chi connectivity index (χ1) is 15.3. The molecule has 0 aliphatic heterocycles. The van der Waals surface area contributed by atoms with Crippen LogP contribution in [-0.4, -0.2) is 52.6 Å². The molecule has 0 radical (unpaired) electrons. The zero-order valence-corrected chi connectivity index (χ0v) is 18.8. The third-order valence-corrected chi connectivity index (χ3v) is 4.73. The monoisotopic (exact) mass is 442 g/mol. The number of carboxylic acid groups (broad SMARTS) is 1. The molecule has 0 saturated carbocycles. The minimum Gasteiger partial charge on any atom is -0.497 e. The van der Waals surface area contributed by atoms with Crippen molar-refractivity contribution < 1.29 is 38.4 Å². The van der Waals surface area contributed by atoms with Gasteiger partial charge in [0.25, 0.3) is 0 Å². The lowest BCUT2D eigenvalue weighted by Crippen LogP contribution is -2.15. The third kappa shape index (κ3) is 5.60. The van der Waals surface area contributed by atoms with E-state index >= 15 is 0 Å². The molecule has 0 amide bonds. The molecular weight excluding hydrogens is 416 g/mol. The molecule has 0 unspecified atom stereocenters. The number of aliphatic carboxylic acids is 1. The van der Waals surface area contributed by atoms with Gasteiger partial charge >= 0.3 is 11.9 Å². The average Bonchev–Trinajstić information content (AvgIpc) is 2.82. The van der Waals surface area contributed by atoms with Gasteiger partial charge in [0.1, 0.15) is 23.0 Å². The highest BCUT2D eigenvalue weighted by Gasteiger charge is 2.25. The maximum atomic E-state index is 12.7. The largest absolute Gasteiger partial charge is 0.497 e. The zero-order chi connectivity index (χ0) is 23.8. The maximum Gasteiger partial charge on any atom is 0.339 e. The topological polar surface area (TPSA) is 101 Å². The second-order valence-corrected chi connectivity index (χ2v) is 6.60. The number of methoxy groups -OCH3 is 5. The summed E-state index contributed by atoms with van der Waals surface area (Å²) in [7, 11) is 7.16. The number of benzene rings is 2. The van der Waals surface area contributed by atoms with Gasteiger partial charge in [-0.25, -0.2) is 9.59 Å². The van der Waals surface area contributed by atoms with E-state index in [9.17, 15) is 14.7 Å². The van der Waals surface area contributed by atoms with Crippen molar-refractivity contribution in [1.82, 2.24) is 0 Å². The van der Waals surface area contributed by atoms with Crippen LogP contribution in [0.4, 0.5) is 0 Å². The van der Waals surface area contributed by atoms with Crippen molar-refractivity contribution in [3.63, 3.8) is 0 Å². The number of carbonyl (C=O) groups is 2. The lowest BCUT2D eigenvalue weighted by molar-refractivity contribution is -0.138. The molecule has 0 bridgehead atoms. The number of rotatable bonds is 9. The molecule has 170 valence electrons.